The normalized spacial score (nSPS) is 15.7. The van der Waals surface area contributed by atoms with Gasteiger partial charge in [0, 0.05) is 30.4 Å². The minimum Gasteiger partial charge on any atom is -0.550 e. The summed E-state index contributed by atoms with van der Waals surface area (Å²) in [6.07, 6.45) is -0.0178. The van der Waals surface area contributed by atoms with Crippen LogP contribution < -0.4 is 44.1 Å². The molecule has 0 saturated heterocycles. The number of ether oxygens (including phenoxy) is 1. The van der Waals surface area contributed by atoms with Crippen molar-refractivity contribution in [3.8, 4) is 5.75 Å². The first-order chi connectivity index (χ1) is 11.8. The largest absolute Gasteiger partial charge is 1.00 e. The third-order valence-corrected chi connectivity index (χ3v) is 5.53. The van der Waals surface area contributed by atoms with Crippen molar-refractivity contribution in [2.45, 2.75) is 23.8 Å². The number of nitrogens with one attached hydrogen (secondary N) is 1. The van der Waals surface area contributed by atoms with E-state index in [0.717, 1.165) is 5.56 Å². The van der Waals surface area contributed by atoms with Gasteiger partial charge in [-0.25, -0.2) is 13.1 Å². The molecule has 1 atom stereocenters. The first-order valence-corrected chi connectivity index (χ1v) is 9.43. The van der Waals surface area contributed by atoms with Crippen molar-refractivity contribution in [2.24, 2.45) is 0 Å². The first-order valence-electron chi connectivity index (χ1n) is 7.57. The van der Waals surface area contributed by atoms with Gasteiger partial charge in [-0.3, -0.25) is 0 Å². The van der Waals surface area contributed by atoms with Gasteiger partial charge in [0.05, 0.1) is 4.90 Å². The van der Waals surface area contributed by atoms with E-state index in [2.05, 4.69) is 4.72 Å². The maximum absolute atomic E-state index is 12.3. The molecular formula is C17H15ClNNaO5S. The third-order valence-electron chi connectivity index (χ3n) is 3.84. The summed E-state index contributed by atoms with van der Waals surface area (Å²) in [5.74, 6) is -0.510. The fourth-order valence-electron chi connectivity index (χ4n) is 2.66. The van der Waals surface area contributed by atoms with Gasteiger partial charge in [0.25, 0.3) is 0 Å². The minimum atomic E-state index is -3.65. The molecule has 6 nitrogen and oxygen atoms in total. The van der Waals surface area contributed by atoms with Crippen molar-refractivity contribution >= 4 is 27.6 Å². The van der Waals surface area contributed by atoms with Crippen molar-refractivity contribution < 1.29 is 52.6 Å². The Morgan fingerprint density at radius 2 is 1.92 bits per heavy atom. The number of carbonyl (C=O) groups is 1. The van der Waals surface area contributed by atoms with Gasteiger partial charge < -0.3 is 14.6 Å². The van der Waals surface area contributed by atoms with Crippen molar-refractivity contribution in [1.29, 1.82) is 0 Å². The Balaban J connectivity index is 0.00000243. The number of benzene rings is 2. The monoisotopic (exact) mass is 403 g/mol. The van der Waals surface area contributed by atoms with Crippen LogP contribution in [0.25, 0.3) is 0 Å². The number of hydrogen-bond donors (Lipinski definition) is 1. The average molecular weight is 404 g/mol. The van der Waals surface area contributed by atoms with Crippen LogP contribution in [0.1, 0.15) is 11.1 Å². The quantitative estimate of drug-likeness (QED) is 0.558. The van der Waals surface area contributed by atoms with Crippen molar-refractivity contribution in [2.75, 3.05) is 6.54 Å². The van der Waals surface area contributed by atoms with Crippen LogP contribution in [0.5, 0.6) is 5.75 Å². The molecule has 0 radical (unpaired) electrons. The standard InChI is InChI=1S/C17H16ClNO5S.Na/c18-13-2-4-15(5-3-13)25(22,23)19-10-14-9-12-7-11(8-17(20)21)1-6-16(12)24-14;/h1-7,14,19H,8-10H2,(H,20,21);/q;+1/p-1. The third kappa shape index (κ3) is 5.22. The Kier molecular flexibility index (Phi) is 7.12. The molecule has 0 amide bonds. The summed E-state index contributed by atoms with van der Waals surface area (Å²) in [4.78, 5) is 10.8. The van der Waals surface area contributed by atoms with Crippen LogP contribution in [0.4, 0.5) is 0 Å². The van der Waals surface area contributed by atoms with E-state index in [9.17, 15) is 18.3 Å². The number of carboxylic acids is 1. The smallest absolute Gasteiger partial charge is 0.550 e. The molecule has 0 fully saturated rings. The molecule has 2 aromatic carbocycles. The van der Waals surface area contributed by atoms with Gasteiger partial charge in [-0.05, 0) is 41.5 Å². The van der Waals surface area contributed by atoms with Crippen LogP contribution in [-0.4, -0.2) is 27.0 Å². The van der Waals surface area contributed by atoms with Crippen LogP contribution in [0, 0.1) is 0 Å². The van der Waals surface area contributed by atoms with Gasteiger partial charge in [0.1, 0.15) is 11.9 Å². The summed E-state index contributed by atoms with van der Waals surface area (Å²) in [6.45, 7) is 0.107. The number of sulfonamides is 1. The molecule has 3 rings (SSSR count). The molecular weight excluding hydrogens is 389 g/mol. The summed E-state index contributed by atoms with van der Waals surface area (Å²) < 4.78 is 32.8. The van der Waals surface area contributed by atoms with E-state index in [-0.39, 0.29) is 53.5 Å². The molecule has 0 aromatic heterocycles. The molecule has 0 spiro atoms. The van der Waals surface area contributed by atoms with E-state index in [1.54, 1.807) is 18.2 Å². The molecule has 0 saturated carbocycles. The fourth-order valence-corrected chi connectivity index (χ4v) is 3.86. The van der Waals surface area contributed by atoms with Crippen molar-refractivity contribution in [3.05, 3.63) is 58.6 Å². The Morgan fingerprint density at radius 3 is 2.58 bits per heavy atom. The number of halogens is 1. The summed E-state index contributed by atoms with van der Waals surface area (Å²) in [5.41, 5.74) is 1.49. The number of hydrogen-bond acceptors (Lipinski definition) is 5. The van der Waals surface area contributed by atoms with E-state index >= 15 is 0 Å². The second-order valence-corrected chi connectivity index (χ2v) is 7.94. The summed E-state index contributed by atoms with van der Waals surface area (Å²) in [6, 6.07) is 11.0. The molecule has 9 heteroatoms. The van der Waals surface area contributed by atoms with Crippen molar-refractivity contribution in [3.63, 3.8) is 0 Å². The second kappa shape index (κ2) is 8.73. The predicted octanol–water partition coefficient (Wildman–Crippen LogP) is -2.08. The van der Waals surface area contributed by atoms with Crippen molar-refractivity contribution in [1.82, 2.24) is 4.72 Å². The number of aliphatic carboxylic acids is 1. The second-order valence-electron chi connectivity index (χ2n) is 5.74. The average Bonchev–Trinajstić information content (AvgIpc) is 2.95. The molecule has 1 unspecified atom stereocenters. The van der Waals surface area contributed by atoms with Crippen LogP contribution in [0.2, 0.25) is 5.02 Å². The van der Waals surface area contributed by atoms with E-state index < -0.39 is 16.0 Å². The van der Waals surface area contributed by atoms with Gasteiger partial charge in [-0.1, -0.05) is 23.7 Å². The van der Waals surface area contributed by atoms with Crippen LogP contribution in [0.3, 0.4) is 0 Å². The molecule has 132 valence electrons. The number of carbonyl (C=O) groups excluding carboxylic acids is 1. The molecule has 0 aliphatic carbocycles. The Morgan fingerprint density at radius 1 is 1.23 bits per heavy atom. The predicted molar refractivity (Wildman–Crippen MR) is 89.9 cm³/mol. The number of carboxylic acid groups (broad SMARTS) is 1. The van der Waals surface area contributed by atoms with Crippen LogP contribution in [0.15, 0.2) is 47.4 Å². The molecule has 0 bridgehead atoms. The maximum Gasteiger partial charge on any atom is 1.00 e. The summed E-state index contributed by atoms with van der Waals surface area (Å²) in [5, 5.41) is 11.1. The molecule has 1 N–H and O–H groups in total. The Hall–Kier alpha value is -1.09. The Labute approximate surface area is 178 Å². The molecule has 2 aromatic rings. The SMILES string of the molecule is O=C([O-])Cc1ccc2c(c1)CC(CNS(=O)(=O)c1ccc(Cl)cc1)O2.[Na+]. The van der Waals surface area contributed by atoms with E-state index in [1.807, 2.05) is 0 Å². The van der Waals surface area contributed by atoms with E-state index in [0.29, 0.717) is 22.8 Å². The summed E-state index contributed by atoms with van der Waals surface area (Å²) >= 11 is 5.76. The Bertz CT molecular complexity index is 902. The van der Waals surface area contributed by atoms with E-state index in [4.69, 9.17) is 16.3 Å². The number of fused-ring (bicyclic) bond motifs is 1. The molecule has 1 aliphatic rings. The fraction of sp³-hybridized carbons (Fsp3) is 0.235. The maximum atomic E-state index is 12.3. The zero-order valence-corrected chi connectivity index (χ0v) is 17.6. The van der Waals surface area contributed by atoms with Gasteiger partial charge in [0.15, 0.2) is 0 Å². The van der Waals surface area contributed by atoms with Gasteiger partial charge in [0.2, 0.25) is 10.0 Å². The first kappa shape index (κ1) is 21.2. The number of rotatable bonds is 6. The van der Waals surface area contributed by atoms with Gasteiger partial charge in [-0.2, -0.15) is 0 Å². The molecule has 1 heterocycles. The van der Waals surface area contributed by atoms with Gasteiger partial charge >= 0.3 is 29.6 Å². The zero-order valence-electron chi connectivity index (χ0n) is 14.1. The van der Waals surface area contributed by atoms with Crippen LogP contribution in [-0.2, 0) is 27.7 Å². The zero-order chi connectivity index (χ0) is 18.0. The van der Waals surface area contributed by atoms with Gasteiger partial charge in [-0.15, -0.1) is 0 Å². The van der Waals surface area contributed by atoms with E-state index in [1.165, 1.54) is 24.3 Å². The summed E-state index contributed by atoms with van der Waals surface area (Å²) in [7, 11) is -3.65. The molecule has 26 heavy (non-hydrogen) atoms. The topological polar surface area (TPSA) is 95.5 Å². The molecule has 1 aliphatic heterocycles. The van der Waals surface area contributed by atoms with Crippen LogP contribution >= 0.6 is 11.6 Å². The minimum absolute atomic E-state index is 0.